The van der Waals surface area contributed by atoms with Crippen molar-refractivity contribution in [1.82, 2.24) is 9.97 Å². The number of benzene rings is 4. The molecular weight excluding hydrogens is 486 g/mol. The summed E-state index contributed by atoms with van der Waals surface area (Å²) in [6.07, 6.45) is 9.76. The second-order valence-electron chi connectivity index (χ2n) is 10.6. The van der Waals surface area contributed by atoms with Gasteiger partial charge < -0.3 is 4.90 Å². The molecule has 3 heterocycles. The molecule has 4 aromatic carbocycles. The molecule has 40 heavy (non-hydrogen) atoms. The highest BCUT2D eigenvalue weighted by Crippen LogP contribution is 2.49. The smallest absolute Gasteiger partial charge is 0.0571 e. The lowest BCUT2D eigenvalue weighted by Gasteiger charge is -2.35. The van der Waals surface area contributed by atoms with E-state index in [-0.39, 0.29) is 5.92 Å². The minimum absolute atomic E-state index is 0.119. The first-order valence-electron chi connectivity index (χ1n) is 13.9. The molecule has 2 aromatic heterocycles. The Hall–Kier alpha value is -5.02. The van der Waals surface area contributed by atoms with Crippen LogP contribution in [0.3, 0.4) is 0 Å². The maximum Gasteiger partial charge on any atom is 0.0571 e. The van der Waals surface area contributed by atoms with Gasteiger partial charge in [0.1, 0.15) is 0 Å². The molecule has 0 radical (unpaired) electrons. The fourth-order valence-corrected chi connectivity index (χ4v) is 6.68. The van der Waals surface area contributed by atoms with Crippen molar-refractivity contribution in [2.45, 2.75) is 18.8 Å². The summed E-state index contributed by atoms with van der Waals surface area (Å²) in [5, 5.41) is 0. The second kappa shape index (κ2) is 9.32. The van der Waals surface area contributed by atoms with Crippen molar-refractivity contribution in [3.63, 3.8) is 0 Å². The van der Waals surface area contributed by atoms with Gasteiger partial charge in [0.2, 0.25) is 0 Å². The van der Waals surface area contributed by atoms with Gasteiger partial charge in [-0.3, -0.25) is 9.97 Å². The van der Waals surface area contributed by atoms with E-state index in [1.54, 1.807) is 0 Å². The topological polar surface area (TPSA) is 29.0 Å². The molecule has 0 atom stereocenters. The highest BCUT2D eigenvalue weighted by atomic mass is 15.2. The van der Waals surface area contributed by atoms with Crippen LogP contribution in [0.2, 0.25) is 0 Å². The van der Waals surface area contributed by atoms with Crippen LogP contribution < -0.4 is 4.90 Å². The molecule has 8 rings (SSSR count). The normalized spacial score (nSPS) is 13.7. The summed E-state index contributed by atoms with van der Waals surface area (Å²) in [4.78, 5) is 11.7. The highest BCUT2D eigenvalue weighted by Gasteiger charge is 2.31. The summed E-state index contributed by atoms with van der Waals surface area (Å²) >= 11 is 0. The largest absolute Gasteiger partial charge is 0.309 e. The Morgan fingerprint density at radius 2 is 0.950 bits per heavy atom. The minimum Gasteiger partial charge on any atom is -0.309 e. The number of pyridine rings is 2. The van der Waals surface area contributed by atoms with Crippen LogP contribution >= 0.6 is 0 Å². The van der Waals surface area contributed by atoms with Crippen LogP contribution in [0.1, 0.15) is 44.9 Å². The average Bonchev–Trinajstić information content (AvgIpc) is 3.02. The Labute approximate surface area is 234 Å². The van der Waals surface area contributed by atoms with Gasteiger partial charge in [-0.25, -0.2) is 0 Å². The standard InChI is InChI=1S/C37H27N3/c1-5-13-29-25(9-1)21-26-10-2-6-14-30(26)37(29)31-17-19-38-23-32(31)33-24-39-20-18-36(33)40-34-15-7-3-11-27(34)22-28-12-4-8-16-35(28)40/h1-20,23-24,37H,21-22H2. The molecule has 0 unspecified atom stereocenters. The lowest BCUT2D eigenvalue weighted by atomic mass is 9.73. The summed E-state index contributed by atoms with van der Waals surface area (Å²) in [6.45, 7) is 0. The fourth-order valence-electron chi connectivity index (χ4n) is 6.68. The van der Waals surface area contributed by atoms with E-state index in [1.165, 1.54) is 50.3 Å². The van der Waals surface area contributed by atoms with Gasteiger partial charge in [-0.05, 0) is 69.6 Å². The molecule has 0 fully saturated rings. The number of aromatic nitrogens is 2. The maximum atomic E-state index is 4.66. The molecule has 0 bridgehead atoms. The van der Waals surface area contributed by atoms with E-state index in [0.29, 0.717) is 0 Å². The summed E-state index contributed by atoms with van der Waals surface area (Å²) < 4.78 is 0. The number of hydrogen-bond acceptors (Lipinski definition) is 3. The Morgan fingerprint density at radius 1 is 0.450 bits per heavy atom. The predicted molar refractivity (Wildman–Crippen MR) is 162 cm³/mol. The Balaban J connectivity index is 1.37. The van der Waals surface area contributed by atoms with Gasteiger partial charge in [-0.1, -0.05) is 84.9 Å². The molecule has 1 aliphatic heterocycles. The Bertz CT molecular complexity index is 1660. The molecule has 1 aliphatic carbocycles. The molecular formula is C37H27N3. The quantitative estimate of drug-likeness (QED) is 0.237. The van der Waals surface area contributed by atoms with Crippen LogP contribution in [0.4, 0.5) is 17.1 Å². The third-order valence-corrected chi connectivity index (χ3v) is 8.45. The number of fused-ring (bicyclic) bond motifs is 4. The van der Waals surface area contributed by atoms with Gasteiger partial charge in [-0.15, -0.1) is 0 Å². The van der Waals surface area contributed by atoms with Crippen molar-refractivity contribution in [2.24, 2.45) is 0 Å². The molecule has 0 saturated heterocycles. The monoisotopic (exact) mass is 513 g/mol. The van der Waals surface area contributed by atoms with Gasteiger partial charge in [-0.2, -0.15) is 0 Å². The fraction of sp³-hybridized carbons (Fsp3) is 0.0811. The van der Waals surface area contributed by atoms with Gasteiger partial charge in [0.15, 0.2) is 0 Å². The van der Waals surface area contributed by atoms with Gasteiger partial charge >= 0.3 is 0 Å². The van der Waals surface area contributed by atoms with Gasteiger partial charge in [0, 0.05) is 59.6 Å². The number of rotatable bonds is 3. The molecule has 3 nitrogen and oxygen atoms in total. The first-order valence-corrected chi connectivity index (χ1v) is 13.9. The van der Waals surface area contributed by atoms with Crippen molar-refractivity contribution in [3.05, 3.63) is 173 Å². The summed E-state index contributed by atoms with van der Waals surface area (Å²) in [6, 6.07) is 39.6. The van der Waals surface area contributed by atoms with E-state index >= 15 is 0 Å². The molecule has 0 saturated carbocycles. The zero-order chi connectivity index (χ0) is 26.5. The zero-order valence-corrected chi connectivity index (χ0v) is 22.0. The van der Waals surface area contributed by atoms with E-state index < -0.39 is 0 Å². The van der Waals surface area contributed by atoms with Crippen molar-refractivity contribution in [3.8, 4) is 11.1 Å². The first-order chi connectivity index (χ1) is 19.9. The third-order valence-electron chi connectivity index (χ3n) is 8.45. The van der Waals surface area contributed by atoms with E-state index in [1.807, 2.05) is 24.8 Å². The maximum absolute atomic E-state index is 4.66. The van der Waals surface area contributed by atoms with Crippen LogP contribution in [-0.2, 0) is 12.8 Å². The average molecular weight is 514 g/mol. The van der Waals surface area contributed by atoms with Gasteiger partial charge in [0.05, 0.1) is 5.69 Å². The lowest BCUT2D eigenvalue weighted by Crippen LogP contribution is -2.19. The van der Waals surface area contributed by atoms with E-state index in [4.69, 9.17) is 0 Å². The van der Waals surface area contributed by atoms with Crippen molar-refractivity contribution in [2.75, 3.05) is 4.90 Å². The molecule has 6 aromatic rings. The van der Waals surface area contributed by atoms with E-state index in [0.717, 1.165) is 29.7 Å². The highest BCUT2D eigenvalue weighted by molar-refractivity contribution is 5.91. The molecule has 2 aliphatic rings. The predicted octanol–water partition coefficient (Wildman–Crippen LogP) is 8.60. The van der Waals surface area contributed by atoms with Crippen molar-refractivity contribution >= 4 is 17.1 Å². The van der Waals surface area contributed by atoms with Crippen LogP contribution in [0.25, 0.3) is 11.1 Å². The molecule has 190 valence electrons. The van der Waals surface area contributed by atoms with Crippen molar-refractivity contribution in [1.29, 1.82) is 0 Å². The SMILES string of the molecule is c1ccc2c(c1)Cc1ccccc1C2c1ccncc1-c1cnccc1N1c2ccccc2Cc2ccccc21. The molecule has 0 N–H and O–H groups in total. The Morgan fingerprint density at radius 3 is 1.60 bits per heavy atom. The van der Waals surface area contributed by atoms with Crippen molar-refractivity contribution < 1.29 is 0 Å². The summed E-state index contributed by atoms with van der Waals surface area (Å²) in [7, 11) is 0. The van der Waals surface area contributed by atoms with Crippen LogP contribution in [0.15, 0.2) is 134 Å². The zero-order valence-electron chi connectivity index (χ0n) is 22.0. The number of anilines is 3. The van der Waals surface area contributed by atoms with Crippen LogP contribution in [0, 0.1) is 0 Å². The van der Waals surface area contributed by atoms with Crippen LogP contribution in [-0.4, -0.2) is 9.97 Å². The number of hydrogen-bond donors (Lipinski definition) is 0. The van der Waals surface area contributed by atoms with Crippen LogP contribution in [0.5, 0.6) is 0 Å². The number of para-hydroxylation sites is 2. The first kappa shape index (κ1) is 22.9. The summed E-state index contributed by atoms with van der Waals surface area (Å²) in [5.74, 6) is 0.119. The minimum atomic E-state index is 0.119. The number of nitrogens with zero attached hydrogens (tertiary/aromatic N) is 3. The summed E-state index contributed by atoms with van der Waals surface area (Å²) in [5.41, 5.74) is 15.2. The lowest BCUT2D eigenvalue weighted by molar-refractivity contribution is 0.884. The Kier molecular flexibility index (Phi) is 5.34. The second-order valence-corrected chi connectivity index (χ2v) is 10.6. The van der Waals surface area contributed by atoms with E-state index in [2.05, 4.69) is 124 Å². The molecule has 0 spiro atoms. The molecule has 0 amide bonds. The van der Waals surface area contributed by atoms with E-state index in [9.17, 15) is 0 Å². The third kappa shape index (κ3) is 3.59. The van der Waals surface area contributed by atoms with Gasteiger partial charge in [0.25, 0.3) is 0 Å². The molecule has 3 heteroatoms.